The lowest BCUT2D eigenvalue weighted by Gasteiger charge is -2.30. The van der Waals surface area contributed by atoms with Crippen LogP contribution >= 0.6 is 0 Å². The molecule has 0 saturated carbocycles. The number of carbonyl (C=O) groups excluding carboxylic acids is 2. The summed E-state index contributed by atoms with van der Waals surface area (Å²) in [5.74, 6) is 0.424. The van der Waals surface area contributed by atoms with Crippen molar-refractivity contribution in [2.24, 2.45) is 9.98 Å². The molecule has 2 aliphatic heterocycles. The van der Waals surface area contributed by atoms with Gasteiger partial charge in [0.2, 0.25) is 6.23 Å². The Kier molecular flexibility index (Phi) is 6.94. The Hall–Kier alpha value is -4.52. The number of amidine groups is 1. The third-order valence-corrected chi connectivity index (χ3v) is 6.11. The van der Waals surface area contributed by atoms with Crippen molar-refractivity contribution in [3.63, 3.8) is 0 Å². The van der Waals surface area contributed by atoms with E-state index in [9.17, 15) is 9.59 Å². The lowest BCUT2D eigenvalue weighted by molar-refractivity contribution is -0.151. The van der Waals surface area contributed by atoms with Crippen molar-refractivity contribution in [1.82, 2.24) is 4.90 Å². The van der Waals surface area contributed by atoms with Crippen molar-refractivity contribution in [3.8, 4) is 5.75 Å². The predicted molar refractivity (Wildman–Crippen MR) is 142 cm³/mol. The Balaban J connectivity index is 1.53. The molecule has 0 fully saturated rings. The summed E-state index contributed by atoms with van der Waals surface area (Å²) in [6.07, 6.45) is 2.48. The van der Waals surface area contributed by atoms with Crippen molar-refractivity contribution in [2.45, 2.75) is 39.0 Å². The molecule has 0 aliphatic carbocycles. The first-order chi connectivity index (χ1) is 18.0. The zero-order valence-corrected chi connectivity index (χ0v) is 20.7. The molecule has 5 rings (SSSR count). The van der Waals surface area contributed by atoms with Crippen molar-refractivity contribution in [2.75, 3.05) is 0 Å². The summed E-state index contributed by atoms with van der Waals surface area (Å²) < 4.78 is 11.0. The lowest BCUT2D eigenvalue weighted by atomic mass is 10.0. The maximum atomic E-state index is 12.1. The second-order valence-corrected chi connectivity index (χ2v) is 8.97. The molecule has 0 amide bonds. The topological polar surface area (TPSA) is 80.6 Å². The summed E-state index contributed by atoms with van der Waals surface area (Å²) in [5, 5.41) is 0. The maximum Gasteiger partial charge on any atom is 0.308 e. The maximum absolute atomic E-state index is 12.1. The second-order valence-electron chi connectivity index (χ2n) is 8.97. The van der Waals surface area contributed by atoms with Gasteiger partial charge >= 0.3 is 11.9 Å². The highest BCUT2D eigenvalue weighted by atomic mass is 16.6. The van der Waals surface area contributed by atoms with E-state index in [2.05, 4.69) is 12.1 Å². The molecule has 2 heterocycles. The number of hydrogen-bond donors (Lipinski definition) is 0. The summed E-state index contributed by atoms with van der Waals surface area (Å²) in [4.78, 5) is 35.4. The van der Waals surface area contributed by atoms with Crippen molar-refractivity contribution in [1.29, 1.82) is 0 Å². The van der Waals surface area contributed by atoms with Gasteiger partial charge in [0.1, 0.15) is 11.8 Å². The molecular weight excluding hydrogens is 466 g/mol. The number of aliphatic imine (C=N–C) groups is 2. The van der Waals surface area contributed by atoms with Crippen LogP contribution in [0.1, 0.15) is 30.5 Å². The SMILES string of the molecule is CC(=O)Oc1ccc(C2=CN3C(=NC(Cc4ccccc4)C3OC(C)=O)C(Cc3ccccc3)=N2)cc1. The van der Waals surface area contributed by atoms with Gasteiger partial charge in [0.15, 0.2) is 5.84 Å². The van der Waals surface area contributed by atoms with E-state index in [1.807, 2.05) is 71.8 Å². The average Bonchev–Trinajstić information content (AvgIpc) is 3.22. The minimum atomic E-state index is -0.593. The molecule has 2 aliphatic rings. The van der Waals surface area contributed by atoms with Gasteiger partial charge in [-0.25, -0.2) is 4.99 Å². The number of rotatable bonds is 7. The molecule has 2 unspecified atom stereocenters. The van der Waals surface area contributed by atoms with Crippen molar-refractivity contribution in [3.05, 3.63) is 108 Å². The van der Waals surface area contributed by atoms with Crippen molar-refractivity contribution < 1.29 is 19.1 Å². The van der Waals surface area contributed by atoms with Crippen LogP contribution in [0.4, 0.5) is 0 Å². The Bertz CT molecular complexity index is 1380. The highest BCUT2D eigenvalue weighted by molar-refractivity contribution is 6.44. The third-order valence-electron chi connectivity index (χ3n) is 6.11. The van der Waals surface area contributed by atoms with Crippen LogP contribution in [0.25, 0.3) is 5.70 Å². The molecule has 0 bridgehead atoms. The van der Waals surface area contributed by atoms with Gasteiger partial charge in [0.25, 0.3) is 0 Å². The fraction of sp³-hybridized carbons (Fsp3) is 0.200. The number of benzene rings is 3. The number of nitrogens with zero attached hydrogens (tertiary/aromatic N) is 3. The predicted octanol–water partition coefficient (Wildman–Crippen LogP) is 4.82. The van der Waals surface area contributed by atoms with Gasteiger partial charge in [-0.3, -0.25) is 19.5 Å². The molecule has 186 valence electrons. The molecule has 7 nitrogen and oxygen atoms in total. The third kappa shape index (κ3) is 5.67. The first kappa shape index (κ1) is 24.2. The average molecular weight is 494 g/mol. The first-order valence-electron chi connectivity index (χ1n) is 12.2. The molecule has 7 heteroatoms. The second kappa shape index (κ2) is 10.6. The summed E-state index contributed by atoms with van der Waals surface area (Å²) in [6, 6.07) is 27.0. The smallest absolute Gasteiger partial charge is 0.308 e. The van der Waals surface area contributed by atoms with Crippen LogP contribution < -0.4 is 4.74 Å². The first-order valence-corrected chi connectivity index (χ1v) is 12.2. The van der Waals surface area contributed by atoms with Crippen LogP contribution in [0.2, 0.25) is 0 Å². The van der Waals surface area contributed by atoms with Gasteiger partial charge in [-0.2, -0.15) is 0 Å². The summed E-state index contributed by atoms with van der Waals surface area (Å²) in [6.45, 7) is 2.78. The lowest BCUT2D eigenvalue weighted by Crippen LogP contribution is -2.43. The number of ether oxygens (including phenoxy) is 2. The van der Waals surface area contributed by atoms with E-state index in [-0.39, 0.29) is 18.0 Å². The minimum Gasteiger partial charge on any atom is -0.439 e. The monoisotopic (exact) mass is 493 g/mol. The molecule has 2 atom stereocenters. The van der Waals surface area contributed by atoms with Crippen LogP contribution in [0.15, 0.2) is 101 Å². The van der Waals surface area contributed by atoms with E-state index in [1.54, 1.807) is 12.1 Å². The van der Waals surface area contributed by atoms with Gasteiger partial charge in [-0.05, 0) is 35.4 Å². The van der Waals surface area contributed by atoms with E-state index in [4.69, 9.17) is 19.5 Å². The Morgan fingerprint density at radius 2 is 1.49 bits per heavy atom. The quantitative estimate of drug-likeness (QED) is 0.348. The van der Waals surface area contributed by atoms with Crippen LogP contribution in [0, 0.1) is 0 Å². The van der Waals surface area contributed by atoms with Gasteiger partial charge in [-0.1, -0.05) is 60.7 Å². The van der Waals surface area contributed by atoms with E-state index in [1.165, 1.54) is 13.8 Å². The molecule has 0 N–H and O–H groups in total. The Labute approximate surface area is 215 Å². The fourth-order valence-corrected chi connectivity index (χ4v) is 4.52. The molecule has 0 aromatic heterocycles. The van der Waals surface area contributed by atoms with Gasteiger partial charge in [-0.15, -0.1) is 0 Å². The van der Waals surface area contributed by atoms with E-state index in [0.717, 1.165) is 22.4 Å². The standard InChI is InChI=1S/C30H27N3O4/c1-20(34)36-25-15-13-24(14-16-25)28-19-33-29(26(31-28)17-22-9-5-3-6-10-22)32-27(30(33)37-21(2)35)18-23-11-7-4-8-12-23/h3-16,19,27,30H,17-18H2,1-2H3. The summed E-state index contributed by atoms with van der Waals surface area (Å²) in [5.41, 5.74) is 4.55. The molecule has 0 spiro atoms. The number of carbonyl (C=O) groups is 2. The number of hydrogen-bond acceptors (Lipinski definition) is 7. The normalized spacial score (nSPS) is 18.3. The zero-order valence-electron chi connectivity index (χ0n) is 20.7. The van der Waals surface area contributed by atoms with Gasteiger partial charge in [0, 0.05) is 38.5 Å². The van der Waals surface area contributed by atoms with Crippen LogP contribution in [-0.2, 0) is 27.2 Å². The molecule has 3 aromatic carbocycles. The Morgan fingerprint density at radius 1 is 0.838 bits per heavy atom. The van der Waals surface area contributed by atoms with Crippen molar-refractivity contribution >= 4 is 29.2 Å². The van der Waals surface area contributed by atoms with Crippen LogP contribution in [0.3, 0.4) is 0 Å². The minimum absolute atomic E-state index is 0.288. The van der Waals surface area contributed by atoms with Crippen LogP contribution in [-0.4, -0.2) is 40.7 Å². The number of esters is 2. The summed E-state index contributed by atoms with van der Waals surface area (Å²) >= 11 is 0. The zero-order chi connectivity index (χ0) is 25.8. The Morgan fingerprint density at radius 3 is 2.11 bits per heavy atom. The van der Waals surface area contributed by atoms with Crippen LogP contribution in [0.5, 0.6) is 5.75 Å². The van der Waals surface area contributed by atoms with E-state index >= 15 is 0 Å². The highest BCUT2D eigenvalue weighted by Gasteiger charge is 2.41. The molecular formula is C30H27N3O4. The molecule has 37 heavy (non-hydrogen) atoms. The van der Waals surface area contributed by atoms with Gasteiger partial charge in [0.05, 0.1) is 11.4 Å². The molecule has 3 aromatic rings. The van der Waals surface area contributed by atoms with Gasteiger partial charge < -0.3 is 9.47 Å². The largest absolute Gasteiger partial charge is 0.439 e. The van der Waals surface area contributed by atoms with E-state index in [0.29, 0.717) is 30.1 Å². The highest BCUT2D eigenvalue weighted by Crippen LogP contribution is 2.32. The summed E-state index contributed by atoms with van der Waals surface area (Å²) in [7, 11) is 0. The van der Waals surface area contributed by atoms with E-state index < -0.39 is 6.23 Å². The molecule has 0 radical (unpaired) electrons. The number of fused-ring (bicyclic) bond motifs is 1. The molecule has 0 saturated heterocycles. The fourth-order valence-electron chi connectivity index (χ4n) is 4.52.